The number of amides is 1. The number of benzene rings is 1. The number of carbonyl (C=O) groups excluding carboxylic acids is 1. The van der Waals surface area contributed by atoms with Gasteiger partial charge in [-0.3, -0.25) is 9.59 Å². The molecule has 27 heavy (non-hydrogen) atoms. The number of ether oxygens (including phenoxy) is 2. The Balaban J connectivity index is 1.92. The smallest absolute Gasteiger partial charge is 0.308 e. The van der Waals surface area contributed by atoms with Gasteiger partial charge in [0.15, 0.2) is 6.10 Å². The van der Waals surface area contributed by atoms with Crippen LogP contribution in [0.25, 0.3) is 0 Å². The van der Waals surface area contributed by atoms with Crippen LogP contribution < -0.4 is 10.1 Å². The number of nitrogens with one attached hydrogen (secondary N) is 1. The molecule has 6 heteroatoms. The van der Waals surface area contributed by atoms with E-state index >= 15 is 0 Å². The minimum absolute atomic E-state index is 0.0106. The molecule has 0 aliphatic carbocycles. The van der Waals surface area contributed by atoms with Crippen molar-refractivity contribution >= 4 is 11.9 Å². The lowest BCUT2D eigenvalue weighted by Crippen LogP contribution is -2.43. The average Bonchev–Trinajstić information content (AvgIpc) is 2.62. The van der Waals surface area contributed by atoms with Crippen molar-refractivity contribution in [1.29, 1.82) is 0 Å². The van der Waals surface area contributed by atoms with Crippen molar-refractivity contribution in [3.63, 3.8) is 0 Å². The molecule has 2 atom stereocenters. The standard InChI is InChI=1S/C21H31NO5/c1-14(27-17-7-5-6-16(12-17)21(2,3)4)19(23)22-13-18(20(24)25)15-8-10-26-11-9-15/h5-7,12,14-15,18H,8-11,13H2,1-4H3,(H,22,23)(H,24,25). The largest absolute Gasteiger partial charge is 0.481 e. The van der Waals surface area contributed by atoms with Gasteiger partial charge in [-0.05, 0) is 48.8 Å². The number of carboxylic acids is 1. The molecule has 1 aromatic rings. The fourth-order valence-corrected chi connectivity index (χ4v) is 3.22. The van der Waals surface area contributed by atoms with E-state index in [4.69, 9.17) is 9.47 Å². The Morgan fingerprint density at radius 1 is 1.30 bits per heavy atom. The maximum atomic E-state index is 12.4. The van der Waals surface area contributed by atoms with Crippen LogP contribution >= 0.6 is 0 Å². The number of rotatable bonds is 7. The third-order valence-corrected chi connectivity index (χ3v) is 5.03. The zero-order chi connectivity index (χ0) is 20.0. The van der Waals surface area contributed by atoms with Gasteiger partial charge in [0.1, 0.15) is 5.75 Å². The van der Waals surface area contributed by atoms with Crippen LogP contribution in [0.1, 0.15) is 46.1 Å². The summed E-state index contributed by atoms with van der Waals surface area (Å²) in [5.74, 6) is -1.14. The van der Waals surface area contributed by atoms with Crippen molar-refractivity contribution in [1.82, 2.24) is 5.32 Å². The molecule has 1 aromatic carbocycles. The van der Waals surface area contributed by atoms with E-state index in [1.165, 1.54) is 0 Å². The molecule has 0 radical (unpaired) electrons. The Hall–Kier alpha value is -2.08. The van der Waals surface area contributed by atoms with Crippen molar-refractivity contribution in [3.8, 4) is 5.75 Å². The van der Waals surface area contributed by atoms with Gasteiger partial charge in [-0.2, -0.15) is 0 Å². The van der Waals surface area contributed by atoms with E-state index in [0.29, 0.717) is 31.8 Å². The molecule has 1 fully saturated rings. The summed E-state index contributed by atoms with van der Waals surface area (Å²) in [6.45, 7) is 9.27. The molecule has 150 valence electrons. The van der Waals surface area contributed by atoms with Gasteiger partial charge < -0.3 is 19.9 Å². The number of aliphatic carboxylic acids is 1. The summed E-state index contributed by atoms with van der Waals surface area (Å²) in [5, 5.41) is 12.2. The van der Waals surface area contributed by atoms with Crippen molar-refractivity contribution in [2.75, 3.05) is 19.8 Å². The molecular formula is C21H31NO5. The first-order valence-corrected chi connectivity index (χ1v) is 9.54. The molecule has 0 saturated carbocycles. The third-order valence-electron chi connectivity index (χ3n) is 5.03. The maximum absolute atomic E-state index is 12.4. The van der Waals surface area contributed by atoms with E-state index in [9.17, 15) is 14.7 Å². The van der Waals surface area contributed by atoms with Gasteiger partial charge in [-0.1, -0.05) is 32.9 Å². The van der Waals surface area contributed by atoms with E-state index in [-0.39, 0.29) is 23.8 Å². The van der Waals surface area contributed by atoms with Crippen LogP contribution in [0.5, 0.6) is 5.75 Å². The summed E-state index contributed by atoms with van der Waals surface area (Å²) in [6.07, 6.45) is 0.709. The van der Waals surface area contributed by atoms with Gasteiger partial charge in [0.05, 0.1) is 5.92 Å². The van der Waals surface area contributed by atoms with E-state index in [1.807, 2.05) is 24.3 Å². The van der Waals surface area contributed by atoms with Crippen molar-refractivity contribution in [2.24, 2.45) is 11.8 Å². The first-order valence-electron chi connectivity index (χ1n) is 9.54. The lowest BCUT2D eigenvalue weighted by Gasteiger charge is -2.28. The Kier molecular flexibility index (Phi) is 7.25. The predicted octanol–water partition coefficient (Wildman–Crippen LogP) is 3.00. The van der Waals surface area contributed by atoms with Crippen molar-refractivity contribution in [3.05, 3.63) is 29.8 Å². The second-order valence-electron chi connectivity index (χ2n) is 8.18. The average molecular weight is 377 g/mol. The summed E-state index contributed by atoms with van der Waals surface area (Å²) < 4.78 is 11.1. The molecule has 0 spiro atoms. The molecule has 1 aliphatic rings. The first kappa shape index (κ1) is 21.2. The molecule has 2 unspecified atom stereocenters. The minimum Gasteiger partial charge on any atom is -0.481 e. The molecule has 0 bridgehead atoms. The highest BCUT2D eigenvalue weighted by atomic mass is 16.5. The zero-order valence-corrected chi connectivity index (χ0v) is 16.7. The lowest BCUT2D eigenvalue weighted by atomic mass is 9.86. The molecule has 6 nitrogen and oxygen atoms in total. The van der Waals surface area contributed by atoms with E-state index in [1.54, 1.807) is 6.92 Å². The van der Waals surface area contributed by atoms with Gasteiger partial charge in [0.2, 0.25) is 0 Å². The van der Waals surface area contributed by atoms with E-state index in [2.05, 4.69) is 26.1 Å². The quantitative estimate of drug-likeness (QED) is 0.763. The Labute approximate surface area is 161 Å². The summed E-state index contributed by atoms with van der Waals surface area (Å²) in [6, 6.07) is 7.70. The monoisotopic (exact) mass is 377 g/mol. The first-order chi connectivity index (χ1) is 12.7. The molecule has 1 saturated heterocycles. The van der Waals surface area contributed by atoms with Crippen molar-refractivity contribution < 1.29 is 24.2 Å². The normalized spacial score (nSPS) is 17.8. The zero-order valence-electron chi connectivity index (χ0n) is 16.7. The Bertz CT molecular complexity index is 646. The number of hydrogen-bond donors (Lipinski definition) is 2. The number of hydrogen-bond acceptors (Lipinski definition) is 4. The summed E-state index contributed by atoms with van der Waals surface area (Å²) in [5.41, 5.74) is 1.11. The molecule has 2 N–H and O–H groups in total. The van der Waals surface area contributed by atoms with Gasteiger partial charge in [0.25, 0.3) is 5.91 Å². The van der Waals surface area contributed by atoms with Gasteiger partial charge in [-0.25, -0.2) is 0 Å². The molecule has 1 aliphatic heterocycles. The fourth-order valence-electron chi connectivity index (χ4n) is 3.22. The lowest BCUT2D eigenvalue weighted by molar-refractivity contribution is -0.145. The second-order valence-corrected chi connectivity index (χ2v) is 8.18. The molecule has 1 amide bonds. The van der Waals surface area contributed by atoms with Crippen LogP contribution in [0.3, 0.4) is 0 Å². The highest BCUT2D eigenvalue weighted by molar-refractivity contribution is 5.81. The molecule has 1 heterocycles. The third kappa shape index (κ3) is 6.24. The van der Waals surface area contributed by atoms with Crippen LogP contribution in [0.4, 0.5) is 0 Å². The van der Waals surface area contributed by atoms with Crippen LogP contribution in [0.2, 0.25) is 0 Å². The Morgan fingerprint density at radius 2 is 1.96 bits per heavy atom. The number of carbonyl (C=O) groups is 2. The minimum atomic E-state index is -0.881. The SMILES string of the molecule is CC(Oc1cccc(C(C)(C)C)c1)C(=O)NCC(C(=O)O)C1CCOCC1. The number of carboxylic acid groups (broad SMARTS) is 1. The molecular weight excluding hydrogens is 346 g/mol. The summed E-state index contributed by atoms with van der Waals surface area (Å²) in [4.78, 5) is 24.0. The molecule has 2 rings (SSSR count). The molecule has 0 aromatic heterocycles. The van der Waals surface area contributed by atoms with Crippen LogP contribution in [-0.4, -0.2) is 42.8 Å². The highest BCUT2D eigenvalue weighted by Crippen LogP contribution is 2.26. The van der Waals surface area contributed by atoms with Crippen LogP contribution in [0, 0.1) is 11.8 Å². The van der Waals surface area contributed by atoms with E-state index < -0.39 is 18.0 Å². The summed E-state index contributed by atoms with van der Waals surface area (Å²) in [7, 11) is 0. The van der Waals surface area contributed by atoms with Gasteiger partial charge in [-0.15, -0.1) is 0 Å². The van der Waals surface area contributed by atoms with Gasteiger partial charge >= 0.3 is 5.97 Å². The summed E-state index contributed by atoms with van der Waals surface area (Å²) >= 11 is 0. The second kappa shape index (κ2) is 9.22. The van der Waals surface area contributed by atoms with Crippen LogP contribution in [0.15, 0.2) is 24.3 Å². The van der Waals surface area contributed by atoms with E-state index in [0.717, 1.165) is 5.56 Å². The van der Waals surface area contributed by atoms with Gasteiger partial charge in [0, 0.05) is 19.8 Å². The fraction of sp³-hybridized carbons (Fsp3) is 0.619. The highest BCUT2D eigenvalue weighted by Gasteiger charge is 2.30. The Morgan fingerprint density at radius 3 is 2.56 bits per heavy atom. The predicted molar refractivity (Wildman–Crippen MR) is 103 cm³/mol. The van der Waals surface area contributed by atoms with Crippen LogP contribution in [-0.2, 0) is 19.7 Å². The maximum Gasteiger partial charge on any atom is 0.308 e. The van der Waals surface area contributed by atoms with Crippen molar-refractivity contribution in [2.45, 2.75) is 52.1 Å². The topological polar surface area (TPSA) is 84.9 Å².